The van der Waals surface area contributed by atoms with E-state index in [0.717, 1.165) is 29.7 Å². The van der Waals surface area contributed by atoms with Crippen LogP contribution in [0.25, 0.3) is 0 Å². The van der Waals surface area contributed by atoms with Gasteiger partial charge in [-0.2, -0.15) is 0 Å². The first-order chi connectivity index (χ1) is 10.1. The minimum Gasteiger partial charge on any atom is -0.314 e. The van der Waals surface area contributed by atoms with Crippen molar-refractivity contribution in [1.29, 1.82) is 0 Å². The summed E-state index contributed by atoms with van der Waals surface area (Å²) in [5.41, 5.74) is 0. The zero-order valence-electron chi connectivity index (χ0n) is 14.9. The molecule has 0 radical (unpaired) electrons. The highest BCUT2D eigenvalue weighted by Crippen LogP contribution is 2.33. The van der Waals surface area contributed by atoms with Gasteiger partial charge in [-0.05, 0) is 62.3 Å². The second kappa shape index (κ2) is 8.53. The molecule has 2 heteroatoms. The molecule has 0 spiro atoms. The maximum Gasteiger partial charge on any atom is 0.0108 e. The largest absolute Gasteiger partial charge is 0.314 e. The number of nitrogens with zero attached hydrogens (tertiary/aromatic N) is 1. The third-order valence-corrected chi connectivity index (χ3v) is 5.76. The molecule has 5 atom stereocenters. The maximum absolute atomic E-state index is 3.85. The lowest BCUT2D eigenvalue weighted by atomic mass is 9.76. The predicted octanol–water partition coefficient (Wildman–Crippen LogP) is 4.16. The SMILES string of the molecule is CCCNC1CCC(CC)CC1CN1CC(C)CC(C)C1. The van der Waals surface area contributed by atoms with Gasteiger partial charge in [0.1, 0.15) is 0 Å². The van der Waals surface area contributed by atoms with Crippen LogP contribution in [0.3, 0.4) is 0 Å². The van der Waals surface area contributed by atoms with Crippen LogP contribution in [0.1, 0.15) is 66.2 Å². The molecular weight excluding hydrogens is 256 g/mol. The van der Waals surface area contributed by atoms with E-state index in [1.807, 2.05) is 0 Å². The molecule has 124 valence electrons. The summed E-state index contributed by atoms with van der Waals surface area (Å²) in [4.78, 5) is 2.78. The fourth-order valence-corrected chi connectivity index (χ4v) is 4.81. The first-order valence-corrected chi connectivity index (χ1v) is 9.58. The van der Waals surface area contributed by atoms with E-state index in [1.165, 1.54) is 64.7 Å². The van der Waals surface area contributed by atoms with E-state index < -0.39 is 0 Å². The van der Waals surface area contributed by atoms with Crippen LogP contribution in [0.4, 0.5) is 0 Å². The van der Waals surface area contributed by atoms with Gasteiger partial charge in [0.25, 0.3) is 0 Å². The predicted molar refractivity (Wildman–Crippen MR) is 92.6 cm³/mol. The van der Waals surface area contributed by atoms with E-state index in [0.29, 0.717) is 0 Å². The second-order valence-corrected chi connectivity index (χ2v) is 8.07. The number of hydrogen-bond donors (Lipinski definition) is 1. The lowest BCUT2D eigenvalue weighted by Crippen LogP contribution is -2.49. The summed E-state index contributed by atoms with van der Waals surface area (Å²) in [6, 6.07) is 0.778. The molecule has 1 N–H and O–H groups in total. The summed E-state index contributed by atoms with van der Waals surface area (Å²) in [6.07, 6.45) is 8.37. The number of likely N-dealkylation sites (tertiary alicyclic amines) is 1. The van der Waals surface area contributed by atoms with Gasteiger partial charge in [-0.25, -0.2) is 0 Å². The molecule has 21 heavy (non-hydrogen) atoms. The Balaban J connectivity index is 1.91. The molecule has 1 heterocycles. The van der Waals surface area contributed by atoms with E-state index in [2.05, 4.69) is 37.9 Å². The Bertz CT molecular complexity index is 281. The quantitative estimate of drug-likeness (QED) is 0.791. The standard InChI is InChI=1S/C19H38N2/c1-5-9-20-19-8-7-17(6-2)11-18(19)14-21-12-15(3)10-16(4)13-21/h15-20H,5-14H2,1-4H3. The molecule has 1 aliphatic carbocycles. The highest BCUT2D eigenvalue weighted by Gasteiger charge is 2.32. The summed E-state index contributed by atoms with van der Waals surface area (Å²) >= 11 is 0. The monoisotopic (exact) mass is 294 g/mol. The van der Waals surface area contributed by atoms with Gasteiger partial charge in [0.05, 0.1) is 0 Å². The smallest absolute Gasteiger partial charge is 0.0108 e. The number of piperidine rings is 1. The summed E-state index contributed by atoms with van der Waals surface area (Å²) in [6.45, 7) is 14.7. The Labute approximate surface area is 133 Å². The van der Waals surface area contributed by atoms with Gasteiger partial charge < -0.3 is 10.2 Å². The fraction of sp³-hybridized carbons (Fsp3) is 1.00. The van der Waals surface area contributed by atoms with Crippen LogP contribution in [0, 0.1) is 23.7 Å². The van der Waals surface area contributed by atoms with E-state index in [-0.39, 0.29) is 0 Å². The molecule has 2 fully saturated rings. The maximum atomic E-state index is 3.85. The van der Waals surface area contributed by atoms with E-state index in [4.69, 9.17) is 0 Å². The summed E-state index contributed by atoms with van der Waals surface area (Å²) in [5, 5.41) is 3.85. The first-order valence-electron chi connectivity index (χ1n) is 9.58. The van der Waals surface area contributed by atoms with Crippen molar-refractivity contribution in [3.8, 4) is 0 Å². The van der Waals surface area contributed by atoms with Crippen LogP contribution in [0.15, 0.2) is 0 Å². The molecule has 0 bridgehead atoms. The van der Waals surface area contributed by atoms with Crippen molar-refractivity contribution in [3.05, 3.63) is 0 Å². The van der Waals surface area contributed by atoms with Crippen molar-refractivity contribution in [2.45, 2.75) is 72.3 Å². The fourth-order valence-electron chi connectivity index (χ4n) is 4.81. The van der Waals surface area contributed by atoms with Crippen molar-refractivity contribution in [3.63, 3.8) is 0 Å². The lowest BCUT2D eigenvalue weighted by Gasteiger charge is -2.42. The second-order valence-electron chi connectivity index (χ2n) is 8.07. The molecule has 1 aliphatic heterocycles. The number of rotatable bonds is 6. The van der Waals surface area contributed by atoms with Gasteiger partial charge in [-0.1, -0.05) is 34.1 Å². The Morgan fingerprint density at radius 2 is 1.71 bits per heavy atom. The minimum absolute atomic E-state index is 0.778. The van der Waals surface area contributed by atoms with Crippen molar-refractivity contribution < 1.29 is 0 Å². The normalized spacial score (nSPS) is 38.6. The molecule has 2 nitrogen and oxygen atoms in total. The zero-order valence-corrected chi connectivity index (χ0v) is 14.9. The third-order valence-electron chi connectivity index (χ3n) is 5.76. The van der Waals surface area contributed by atoms with E-state index in [9.17, 15) is 0 Å². The average molecular weight is 295 g/mol. The minimum atomic E-state index is 0.778. The number of nitrogens with one attached hydrogen (secondary N) is 1. The van der Waals surface area contributed by atoms with Gasteiger partial charge in [-0.15, -0.1) is 0 Å². The molecular formula is C19H38N2. The van der Waals surface area contributed by atoms with E-state index >= 15 is 0 Å². The third kappa shape index (κ3) is 5.25. The van der Waals surface area contributed by atoms with Crippen LogP contribution in [-0.4, -0.2) is 37.1 Å². The van der Waals surface area contributed by atoms with Crippen molar-refractivity contribution in [1.82, 2.24) is 10.2 Å². The highest BCUT2D eigenvalue weighted by atomic mass is 15.1. The van der Waals surface area contributed by atoms with Gasteiger partial charge >= 0.3 is 0 Å². The summed E-state index contributed by atoms with van der Waals surface area (Å²) < 4.78 is 0. The lowest BCUT2D eigenvalue weighted by molar-refractivity contribution is 0.0869. The van der Waals surface area contributed by atoms with Crippen LogP contribution >= 0.6 is 0 Å². The molecule has 0 aromatic rings. The van der Waals surface area contributed by atoms with Crippen LogP contribution in [0.2, 0.25) is 0 Å². The Morgan fingerprint density at radius 1 is 1.00 bits per heavy atom. The summed E-state index contributed by atoms with van der Waals surface area (Å²) in [5.74, 6) is 3.64. The van der Waals surface area contributed by atoms with Crippen molar-refractivity contribution in [2.24, 2.45) is 23.7 Å². The molecule has 0 amide bonds. The summed E-state index contributed by atoms with van der Waals surface area (Å²) in [7, 11) is 0. The Morgan fingerprint density at radius 3 is 2.33 bits per heavy atom. The van der Waals surface area contributed by atoms with Crippen LogP contribution < -0.4 is 5.32 Å². The van der Waals surface area contributed by atoms with Crippen molar-refractivity contribution >= 4 is 0 Å². The zero-order chi connectivity index (χ0) is 15.2. The Kier molecular flexibility index (Phi) is 7.01. The molecule has 2 aliphatic rings. The van der Waals surface area contributed by atoms with Crippen molar-refractivity contribution in [2.75, 3.05) is 26.2 Å². The number of hydrogen-bond acceptors (Lipinski definition) is 2. The van der Waals surface area contributed by atoms with Crippen LogP contribution in [0.5, 0.6) is 0 Å². The van der Waals surface area contributed by atoms with Gasteiger partial charge in [-0.3, -0.25) is 0 Å². The van der Waals surface area contributed by atoms with Crippen LogP contribution in [-0.2, 0) is 0 Å². The molecule has 1 saturated heterocycles. The van der Waals surface area contributed by atoms with Gasteiger partial charge in [0.2, 0.25) is 0 Å². The average Bonchev–Trinajstić information content (AvgIpc) is 2.44. The molecule has 0 aromatic heterocycles. The van der Waals surface area contributed by atoms with Gasteiger partial charge in [0.15, 0.2) is 0 Å². The first kappa shape index (κ1) is 17.3. The topological polar surface area (TPSA) is 15.3 Å². The molecule has 0 aromatic carbocycles. The Hall–Kier alpha value is -0.0800. The highest BCUT2D eigenvalue weighted by molar-refractivity contribution is 4.88. The molecule has 1 saturated carbocycles. The van der Waals surface area contributed by atoms with Gasteiger partial charge in [0, 0.05) is 25.7 Å². The molecule has 2 rings (SSSR count). The van der Waals surface area contributed by atoms with E-state index in [1.54, 1.807) is 0 Å². The molecule has 5 unspecified atom stereocenters.